The monoisotopic (exact) mass is 522 g/mol. The van der Waals surface area contributed by atoms with Gasteiger partial charge in [0.15, 0.2) is 0 Å². The molecule has 2 aliphatic rings. The molecule has 0 nitrogen and oxygen atoms in total. The molecule has 0 bridgehead atoms. The van der Waals surface area contributed by atoms with E-state index < -0.39 is 14.0 Å². The first-order chi connectivity index (χ1) is 13.7. The number of benzene rings is 2. The van der Waals surface area contributed by atoms with Crippen LogP contribution in [0.5, 0.6) is 0 Å². The van der Waals surface area contributed by atoms with Gasteiger partial charge in [-0.3, -0.25) is 0 Å². The maximum atomic E-state index is 2.73. The van der Waals surface area contributed by atoms with Crippen molar-refractivity contribution in [3.63, 3.8) is 0 Å². The molecule has 2 aromatic carbocycles. The molecule has 0 N–H and O–H groups in total. The van der Waals surface area contributed by atoms with E-state index in [-0.39, 0.29) is 35.6 Å². The van der Waals surface area contributed by atoms with E-state index in [1.54, 1.807) is 22.3 Å². The molecule has 0 saturated carbocycles. The van der Waals surface area contributed by atoms with Crippen LogP contribution in [0.2, 0.25) is 10.5 Å². The van der Waals surface area contributed by atoms with Crippen molar-refractivity contribution >= 4 is 44.6 Å². The fourth-order valence-corrected chi connectivity index (χ4v) is 19.1. The number of hydrogen-bond donors (Lipinski definition) is 0. The minimum atomic E-state index is -3.20. The van der Waals surface area contributed by atoms with Crippen molar-refractivity contribution in [2.75, 3.05) is 0 Å². The van der Waals surface area contributed by atoms with Crippen molar-refractivity contribution < 1.29 is 14.0 Å². The van der Waals surface area contributed by atoms with Gasteiger partial charge < -0.3 is 0 Å². The van der Waals surface area contributed by atoms with E-state index in [1.807, 2.05) is 0 Å². The van der Waals surface area contributed by atoms with Crippen molar-refractivity contribution in [3.05, 3.63) is 81.9 Å². The second kappa shape index (κ2) is 8.58. The van der Waals surface area contributed by atoms with Crippen LogP contribution < -0.4 is 0 Å². The standard InChI is InChI=1S/2C13H15.2CH3.2ClH.H2Si.Ti/c2*1-13(2,3)12-8-10-6-4-5-7-11(10)9-12;;;;;;/h2*4-9H,1-3H3;2*1H3;2*1H;1H2;. The quantitative estimate of drug-likeness (QED) is 0.346. The van der Waals surface area contributed by atoms with E-state index in [0.29, 0.717) is 8.45 Å². The fraction of sp³-hybridized carbons (Fsp3) is 0.429. The van der Waals surface area contributed by atoms with Crippen molar-refractivity contribution in [1.82, 2.24) is 0 Å². The summed E-state index contributed by atoms with van der Waals surface area (Å²) in [5, 5.41) is 5.46. The third kappa shape index (κ3) is 4.41. The average Bonchev–Trinajstić information content (AvgIpc) is 3.21. The number of halogens is 2. The van der Waals surface area contributed by atoms with Gasteiger partial charge in [-0.1, -0.05) is 0 Å². The van der Waals surface area contributed by atoms with Crippen LogP contribution in [0, 0.1) is 10.8 Å². The Kier molecular flexibility index (Phi) is 7.42. The normalized spacial score (nSPS) is 20.4. The Morgan fingerprint density at radius 2 is 0.938 bits per heavy atom. The molecule has 2 atom stereocenters. The molecule has 4 heteroatoms. The summed E-state index contributed by atoms with van der Waals surface area (Å²) in [7, 11) is 2.43. The molecule has 0 saturated heterocycles. The molecule has 0 heterocycles. The summed E-state index contributed by atoms with van der Waals surface area (Å²) in [6, 6.07) is 18.4. The Labute approximate surface area is 210 Å². The van der Waals surface area contributed by atoms with Crippen LogP contribution in [0.4, 0.5) is 0 Å². The predicted octanol–water partition coefficient (Wildman–Crippen LogP) is 8.53. The fourth-order valence-electron chi connectivity index (χ4n) is 6.16. The molecule has 2 aromatic rings. The number of rotatable bonds is 2. The molecular formula is C28H40Cl2SiTi. The number of hydrogen-bond acceptors (Lipinski definition) is 0. The summed E-state index contributed by atoms with van der Waals surface area (Å²) >= 11 is -3.20. The number of fused-ring (bicyclic) bond motifs is 2. The zero-order valence-electron chi connectivity index (χ0n) is 21.0. The van der Waals surface area contributed by atoms with Crippen molar-refractivity contribution in [2.45, 2.75) is 60.4 Å². The Balaban J connectivity index is 0.00000181. The Morgan fingerprint density at radius 1 is 0.625 bits per heavy atom. The van der Waals surface area contributed by atoms with E-state index >= 15 is 0 Å². The molecule has 0 spiro atoms. The summed E-state index contributed by atoms with van der Waals surface area (Å²) in [6.45, 7) is 14.5. The zero-order valence-corrected chi connectivity index (χ0v) is 25.6. The molecule has 4 rings (SSSR count). The topological polar surface area (TPSA) is 0 Å². The van der Waals surface area contributed by atoms with E-state index in [0.717, 1.165) is 0 Å². The van der Waals surface area contributed by atoms with Crippen LogP contribution in [0.25, 0.3) is 12.2 Å². The van der Waals surface area contributed by atoms with Gasteiger partial charge in [-0.15, -0.1) is 24.8 Å². The van der Waals surface area contributed by atoms with Crippen LogP contribution in [-0.4, -0.2) is 7.63 Å². The van der Waals surface area contributed by atoms with Crippen LogP contribution in [0.3, 0.4) is 0 Å². The minimum Gasteiger partial charge on any atom is -0.147 e. The third-order valence-electron chi connectivity index (χ3n) is 7.49. The van der Waals surface area contributed by atoms with Gasteiger partial charge in [0, 0.05) is 0 Å². The van der Waals surface area contributed by atoms with Crippen LogP contribution in [-0.2, 0) is 14.0 Å². The van der Waals surface area contributed by atoms with Gasteiger partial charge >= 0.3 is 187 Å². The summed E-state index contributed by atoms with van der Waals surface area (Å²) in [4.78, 5) is 0. The second-order valence-electron chi connectivity index (χ2n) is 12.8. The summed E-state index contributed by atoms with van der Waals surface area (Å²) in [5.41, 5.74) is 9.71. The van der Waals surface area contributed by atoms with Crippen molar-refractivity contribution in [2.24, 2.45) is 10.8 Å². The van der Waals surface area contributed by atoms with Crippen molar-refractivity contribution in [1.29, 1.82) is 0 Å². The molecular weight excluding hydrogens is 483 g/mol. The average molecular weight is 523 g/mol. The van der Waals surface area contributed by atoms with Crippen LogP contribution in [0.15, 0.2) is 59.7 Å². The van der Waals surface area contributed by atoms with Gasteiger partial charge in [0.25, 0.3) is 0 Å². The largest absolute Gasteiger partial charge is 0.147 e. The summed E-state index contributed by atoms with van der Waals surface area (Å²) < 4.78 is 1.14. The van der Waals surface area contributed by atoms with E-state index in [1.165, 1.54) is 11.1 Å². The first-order valence-corrected chi connectivity index (χ1v) is 20.3. The Hall–Kier alpha value is -0.569. The molecule has 0 amide bonds. The summed E-state index contributed by atoms with van der Waals surface area (Å²) in [5.74, 6) is 0. The zero-order chi connectivity index (χ0) is 22.1. The predicted molar refractivity (Wildman–Crippen MR) is 148 cm³/mol. The first kappa shape index (κ1) is 27.7. The second-order valence-corrected chi connectivity index (χ2v) is 32.9. The Morgan fingerprint density at radius 3 is 1.25 bits per heavy atom. The minimum absolute atomic E-state index is 0. The molecule has 32 heavy (non-hydrogen) atoms. The van der Waals surface area contributed by atoms with E-state index in [9.17, 15) is 0 Å². The molecule has 0 aromatic heterocycles. The van der Waals surface area contributed by atoms with E-state index in [4.69, 9.17) is 0 Å². The number of allylic oxidation sites excluding steroid dienone is 2. The van der Waals surface area contributed by atoms with Crippen LogP contribution in [0.1, 0.15) is 72.2 Å². The maximum absolute atomic E-state index is 3.20. The van der Waals surface area contributed by atoms with E-state index in [2.05, 4.69) is 120 Å². The maximum Gasteiger partial charge on any atom is -0.147 e. The van der Waals surface area contributed by atoms with Gasteiger partial charge in [-0.05, 0) is 0 Å². The van der Waals surface area contributed by atoms with Gasteiger partial charge in [-0.2, -0.15) is 0 Å². The SMILES string of the molecule is CC(C)(C)C1=Cc2ccccc2[CH]1[Ti]([CH3])([CH3])(=[SiH2])[CH]1C(C(C)(C)C)=Cc2ccccc21.Cl.Cl. The van der Waals surface area contributed by atoms with Gasteiger partial charge in [-0.25, -0.2) is 0 Å². The molecule has 2 unspecified atom stereocenters. The first-order valence-electron chi connectivity index (χ1n) is 11.4. The van der Waals surface area contributed by atoms with Gasteiger partial charge in [0.2, 0.25) is 0 Å². The molecule has 0 radical (unpaired) electrons. The molecule has 0 aliphatic heterocycles. The molecule has 2 aliphatic carbocycles. The summed E-state index contributed by atoms with van der Waals surface area (Å²) in [6.07, 6.45) is 5.07. The van der Waals surface area contributed by atoms with Crippen molar-refractivity contribution in [3.8, 4) is 0 Å². The van der Waals surface area contributed by atoms with Crippen LogP contribution >= 0.6 is 24.8 Å². The molecule has 0 fully saturated rings. The Bertz CT molecular complexity index is 1070. The van der Waals surface area contributed by atoms with Gasteiger partial charge in [0.1, 0.15) is 0 Å². The third-order valence-corrected chi connectivity index (χ3v) is 18.7. The molecule has 174 valence electrons. The smallest absolute Gasteiger partial charge is 0.147 e. The van der Waals surface area contributed by atoms with Gasteiger partial charge in [0.05, 0.1) is 0 Å².